The molecule has 54 heavy (non-hydrogen) atoms. The Morgan fingerprint density at radius 3 is 1.96 bits per heavy atom. The quantitative estimate of drug-likeness (QED) is 0.0963. The van der Waals surface area contributed by atoms with Crippen molar-refractivity contribution in [2.24, 2.45) is 11.5 Å². The maximum absolute atomic E-state index is 16.7. The molecule has 2 saturated heterocycles. The van der Waals surface area contributed by atoms with Crippen LogP contribution in [-0.4, -0.2) is 118 Å². The van der Waals surface area contributed by atoms with E-state index in [1.807, 2.05) is 43.3 Å². The van der Waals surface area contributed by atoms with E-state index in [9.17, 15) is 36.2 Å². The molecule has 0 radical (unpaired) electrons. The molecule has 1 amide bonds. The molecule has 0 unspecified atom stereocenters. The zero-order valence-electron chi connectivity index (χ0n) is 27.9. The molecule has 2 fully saturated rings. The van der Waals surface area contributed by atoms with Crippen molar-refractivity contribution >= 4 is 63.0 Å². The second-order valence-corrected chi connectivity index (χ2v) is 12.8. The summed E-state index contributed by atoms with van der Waals surface area (Å²) in [5, 5.41) is 34.2. The molecule has 2 aliphatic heterocycles. The number of guanidine groups is 1. The van der Waals surface area contributed by atoms with Crippen LogP contribution < -0.4 is 16.4 Å². The number of primary amides is 1. The third-order valence-corrected chi connectivity index (χ3v) is 8.83. The number of rotatable bonds is 5. The number of carbonyl (C=O) groups excluding carboxylic acids is 1. The highest BCUT2D eigenvalue weighted by Crippen LogP contribution is 2.44. The summed E-state index contributed by atoms with van der Waals surface area (Å²) in [6.07, 6.45) is -10.2. The fourth-order valence-electron chi connectivity index (χ4n) is 5.58. The Morgan fingerprint density at radius 2 is 1.48 bits per heavy atom. The first-order valence-electron chi connectivity index (χ1n) is 15.2. The van der Waals surface area contributed by atoms with E-state index >= 15 is 4.39 Å². The number of fused-ring (bicyclic) bond motifs is 2. The number of phenolic OH excluding ortho intramolecular Hbond substituents is 1. The number of phenols is 1. The lowest BCUT2D eigenvalue weighted by Crippen LogP contribution is -2.68. The third kappa shape index (κ3) is 8.25. The highest BCUT2D eigenvalue weighted by Gasteiger charge is 2.53. The number of aromatic nitrogens is 2. The fourth-order valence-corrected chi connectivity index (χ4v) is 5.88. The normalized spacial score (nSPS) is 15.4. The lowest BCUT2D eigenvalue weighted by atomic mass is 9.74. The second-order valence-electron chi connectivity index (χ2n) is 12.3. The molecule has 14 nitrogen and oxygen atoms in total. The van der Waals surface area contributed by atoms with Gasteiger partial charge in [-0.3, -0.25) is 10.2 Å². The summed E-state index contributed by atoms with van der Waals surface area (Å²) >= 11 is 6.76. The summed E-state index contributed by atoms with van der Waals surface area (Å²) in [5.74, 6) is -6.83. The third-order valence-electron chi connectivity index (χ3n) is 8.53. The number of hydrogen-bond acceptors (Lipinski definition) is 9. The van der Waals surface area contributed by atoms with Crippen molar-refractivity contribution in [1.29, 1.82) is 5.41 Å². The van der Waals surface area contributed by atoms with Crippen LogP contribution in [0.2, 0.25) is 5.02 Å². The zero-order chi connectivity index (χ0) is 40.7. The Labute approximate surface area is 304 Å². The summed E-state index contributed by atoms with van der Waals surface area (Å²) in [6.45, 7) is 1.31. The minimum Gasteiger partial charge on any atom is -0.508 e. The van der Waals surface area contributed by atoms with Gasteiger partial charge in [0.05, 0.1) is 10.7 Å². The Morgan fingerprint density at radius 1 is 0.944 bits per heavy atom. The number of aliphatic carboxylic acids is 2. The first-order valence-corrected chi connectivity index (χ1v) is 15.6. The van der Waals surface area contributed by atoms with Crippen LogP contribution in [0.25, 0.3) is 32.8 Å². The molecular formula is C32H30ClF7N8O6. The number of carboxylic acids is 2. The molecule has 8 N–H and O–H groups in total. The summed E-state index contributed by atoms with van der Waals surface area (Å²) in [6, 6.07) is 12.2. The zero-order valence-corrected chi connectivity index (χ0v) is 28.7. The summed E-state index contributed by atoms with van der Waals surface area (Å²) in [7, 11) is 3.96. The number of halogens is 8. The fraction of sp³-hybridized carbons (Fsp3) is 0.312. The number of likely N-dealkylation sites (N-methyl/N-ethyl adjacent to an activating group) is 1. The number of nitrogens with two attached hydrogens (primary N) is 2. The molecule has 0 spiro atoms. The van der Waals surface area contributed by atoms with Gasteiger partial charge in [-0.05, 0) is 48.6 Å². The van der Waals surface area contributed by atoms with E-state index in [1.165, 1.54) is 11.0 Å². The number of amides is 1. The second kappa shape index (κ2) is 15.0. The van der Waals surface area contributed by atoms with Crippen molar-refractivity contribution < 1.29 is 60.4 Å². The van der Waals surface area contributed by atoms with Gasteiger partial charge in [-0.2, -0.15) is 26.3 Å². The van der Waals surface area contributed by atoms with Gasteiger partial charge in [0.15, 0.2) is 11.8 Å². The van der Waals surface area contributed by atoms with Crippen LogP contribution in [0.5, 0.6) is 5.75 Å². The van der Waals surface area contributed by atoms with E-state index in [2.05, 4.69) is 9.88 Å². The van der Waals surface area contributed by atoms with E-state index in [4.69, 9.17) is 53.3 Å². The number of carbonyl (C=O) groups is 3. The molecule has 4 aromatic rings. The molecular weight excluding hydrogens is 761 g/mol. The number of carboxylic acid groups (broad SMARTS) is 2. The van der Waals surface area contributed by atoms with Gasteiger partial charge < -0.3 is 41.5 Å². The van der Waals surface area contributed by atoms with Crippen molar-refractivity contribution in [3.63, 3.8) is 0 Å². The highest BCUT2D eigenvalue weighted by atomic mass is 35.5. The predicted molar refractivity (Wildman–Crippen MR) is 181 cm³/mol. The molecule has 0 atom stereocenters. The smallest absolute Gasteiger partial charge is 0.490 e. The monoisotopic (exact) mass is 790 g/mol. The summed E-state index contributed by atoms with van der Waals surface area (Å²) in [4.78, 5) is 45.6. The van der Waals surface area contributed by atoms with Gasteiger partial charge in [0.25, 0.3) is 0 Å². The molecule has 290 valence electrons. The maximum Gasteiger partial charge on any atom is 0.490 e. The van der Waals surface area contributed by atoms with Gasteiger partial charge >= 0.3 is 24.3 Å². The standard InChI is InChI=1S/C28H28ClFN8O2.2C2HF3O2/c1-36(2)15-10-37(11-15)27-34-23-19(24(35-27)28(25(31)40)12-38(13-28)26(32)33)9-20(29)21(22(23)30)18-8-16(39)7-14-5-3-4-6-17(14)18;2*3-2(4,5)1(6)7/h3-9,15,39H,10-13H2,1-2H3,(H2,31,40)(H3,32,33);2*(H,6,7). The Balaban J connectivity index is 0.000000396. The lowest BCUT2D eigenvalue weighted by Gasteiger charge is -2.48. The molecule has 1 aromatic heterocycles. The number of likely N-dealkylation sites (tertiary alicyclic amines) is 1. The van der Waals surface area contributed by atoms with Crippen LogP contribution in [0.3, 0.4) is 0 Å². The van der Waals surface area contributed by atoms with Gasteiger partial charge in [0.1, 0.15) is 16.7 Å². The van der Waals surface area contributed by atoms with Gasteiger partial charge in [0.2, 0.25) is 11.9 Å². The van der Waals surface area contributed by atoms with Crippen molar-refractivity contribution in [2.45, 2.75) is 23.8 Å². The van der Waals surface area contributed by atoms with E-state index in [-0.39, 0.29) is 64.0 Å². The van der Waals surface area contributed by atoms with Crippen LogP contribution in [0.15, 0.2) is 42.5 Å². The number of aromatic hydroxyl groups is 1. The average Bonchev–Trinajstić information content (AvgIpc) is 2.99. The van der Waals surface area contributed by atoms with E-state index < -0.39 is 41.4 Å². The number of anilines is 1. The minimum atomic E-state index is -5.08. The summed E-state index contributed by atoms with van der Waals surface area (Å²) in [5.41, 5.74) is 11.0. The first kappa shape index (κ1) is 41.1. The van der Waals surface area contributed by atoms with Crippen LogP contribution in [0.4, 0.5) is 36.7 Å². The van der Waals surface area contributed by atoms with E-state index in [0.29, 0.717) is 24.0 Å². The Bertz CT molecular complexity index is 2120. The van der Waals surface area contributed by atoms with Gasteiger partial charge in [0, 0.05) is 43.2 Å². The molecule has 0 aliphatic carbocycles. The number of nitrogens with zero attached hydrogens (tertiary/aromatic N) is 5. The van der Waals surface area contributed by atoms with E-state index in [0.717, 1.165) is 5.39 Å². The van der Waals surface area contributed by atoms with Gasteiger partial charge in [-0.15, -0.1) is 0 Å². The summed E-state index contributed by atoms with van der Waals surface area (Å²) < 4.78 is 80.2. The molecule has 6 rings (SSSR count). The molecule has 0 saturated carbocycles. The van der Waals surface area contributed by atoms with Crippen molar-refractivity contribution in [2.75, 3.05) is 45.2 Å². The highest BCUT2D eigenvalue weighted by molar-refractivity contribution is 6.35. The van der Waals surface area contributed by atoms with Crippen molar-refractivity contribution in [1.82, 2.24) is 19.8 Å². The Kier molecular flexibility index (Phi) is 11.4. The van der Waals surface area contributed by atoms with E-state index in [1.54, 1.807) is 12.1 Å². The molecule has 3 heterocycles. The Hall–Kier alpha value is -5.70. The van der Waals surface area contributed by atoms with Crippen molar-refractivity contribution in [3.05, 3.63) is 59.0 Å². The largest absolute Gasteiger partial charge is 0.508 e. The van der Waals surface area contributed by atoms with Crippen LogP contribution in [0, 0.1) is 11.2 Å². The SMILES string of the molecule is CN(C)C1CN(c2nc(C3(C(N)=O)CN(C(=N)N)C3)c3cc(Cl)c(-c4cc(O)cc5ccccc45)c(F)c3n2)C1.O=C(O)C(F)(F)F.O=C(O)C(F)(F)F. The van der Waals surface area contributed by atoms with Crippen molar-refractivity contribution in [3.8, 4) is 16.9 Å². The minimum absolute atomic E-state index is 0.0120. The molecule has 22 heteroatoms. The lowest BCUT2D eigenvalue weighted by molar-refractivity contribution is -0.193. The van der Waals surface area contributed by atoms with Crippen LogP contribution in [-0.2, 0) is 19.8 Å². The first-order chi connectivity index (χ1) is 24.9. The molecule has 3 aromatic carbocycles. The van der Waals surface area contributed by atoms with Crippen LogP contribution in [0.1, 0.15) is 5.69 Å². The van der Waals surface area contributed by atoms with Gasteiger partial charge in [-0.1, -0.05) is 35.9 Å². The van der Waals surface area contributed by atoms with Crippen LogP contribution >= 0.6 is 11.6 Å². The predicted octanol–water partition coefficient (Wildman–Crippen LogP) is 3.90. The maximum atomic E-state index is 16.7. The average molecular weight is 791 g/mol. The van der Waals surface area contributed by atoms with Gasteiger partial charge in [-0.25, -0.2) is 23.9 Å². The number of benzene rings is 3. The topological polar surface area (TPSA) is 223 Å². The molecule has 2 aliphatic rings. The number of hydrogen-bond donors (Lipinski definition) is 6. The number of nitrogens with one attached hydrogen (secondary N) is 1. The molecule has 0 bridgehead atoms. The number of alkyl halides is 6.